The van der Waals surface area contributed by atoms with Gasteiger partial charge in [0, 0.05) is 37.1 Å². The van der Waals surface area contributed by atoms with Gasteiger partial charge in [0.1, 0.15) is 5.02 Å². The number of rotatable bonds is 6. The number of halogens is 1. The van der Waals surface area contributed by atoms with Crippen LogP contribution in [0.4, 0.5) is 5.69 Å². The number of hydrogen-bond donors (Lipinski definition) is 0. The van der Waals surface area contributed by atoms with Crippen LogP contribution in [-0.4, -0.2) is 20.7 Å². The van der Waals surface area contributed by atoms with Gasteiger partial charge in [-0.25, -0.2) is 0 Å². The molecule has 0 unspecified atom stereocenters. The summed E-state index contributed by atoms with van der Waals surface area (Å²) in [5.41, 5.74) is 2.86. The molecule has 0 aliphatic heterocycles. The summed E-state index contributed by atoms with van der Waals surface area (Å²) in [6.45, 7) is 2.68. The number of aromatic nitrogens is 1. The molecular formula is C21H18ClN3O3. The third-order valence-electron chi connectivity index (χ3n) is 4.40. The Morgan fingerprint density at radius 3 is 2.61 bits per heavy atom. The lowest BCUT2D eigenvalue weighted by molar-refractivity contribution is -0.384. The Morgan fingerprint density at radius 2 is 1.93 bits per heavy atom. The molecule has 0 fully saturated rings. The quantitative estimate of drug-likeness (QED) is 0.444. The summed E-state index contributed by atoms with van der Waals surface area (Å²) in [6.07, 6.45) is 3.36. The van der Waals surface area contributed by atoms with Crippen molar-refractivity contribution in [3.8, 4) is 0 Å². The van der Waals surface area contributed by atoms with Crippen molar-refractivity contribution in [2.45, 2.75) is 20.0 Å². The van der Waals surface area contributed by atoms with Gasteiger partial charge in [0.2, 0.25) is 0 Å². The zero-order valence-electron chi connectivity index (χ0n) is 15.2. The van der Waals surface area contributed by atoms with Crippen LogP contribution in [-0.2, 0) is 13.1 Å². The van der Waals surface area contributed by atoms with Crippen LogP contribution >= 0.6 is 11.6 Å². The van der Waals surface area contributed by atoms with Crippen LogP contribution < -0.4 is 0 Å². The Balaban J connectivity index is 1.95. The highest BCUT2D eigenvalue weighted by molar-refractivity contribution is 6.32. The van der Waals surface area contributed by atoms with Gasteiger partial charge in [-0.15, -0.1) is 0 Å². The minimum atomic E-state index is -0.591. The van der Waals surface area contributed by atoms with Crippen LogP contribution in [0.25, 0.3) is 0 Å². The summed E-state index contributed by atoms with van der Waals surface area (Å²) >= 11 is 5.88. The van der Waals surface area contributed by atoms with Gasteiger partial charge in [-0.1, -0.05) is 41.9 Å². The smallest absolute Gasteiger partial charge is 0.288 e. The van der Waals surface area contributed by atoms with Gasteiger partial charge in [-0.2, -0.15) is 0 Å². The number of carbonyl (C=O) groups excluding carboxylic acids is 1. The van der Waals surface area contributed by atoms with Gasteiger partial charge in [0.05, 0.1) is 4.92 Å². The molecule has 0 aliphatic carbocycles. The number of aryl methyl sites for hydroxylation is 1. The molecule has 142 valence electrons. The number of nitro groups is 1. The van der Waals surface area contributed by atoms with Crippen molar-refractivity contribution >= 4 is 23.2 Å². The lowest BCUT2D eigenvalue weighted by atomic mass is 10.1. The SMILES string of the molecule is Cc1ccccc1CN(Cc1cccnc1)C(=O)c1ccc(Cl)c([N+](=O)[O-])c1. The molecule has 0 N–H and O–H groups in total. The summed E-state index contributed by atoms with van der Waals surface area (Å²) in [7, 11) is 0. The molecule has 0 radical (unpaired) electrons. The van der Waals surface area contributed by atoms with Crippen LogP contribution in [0.3, 0.4) is 0 Å². The van der Waals surface area contributed by atoms with E-state index in [1.54, 1.807) is 23.4 Å². The summed E-state index contributed by atoms with van der Waals surface area (Å²) in [6, 6.07) is 15.6. The zero-order valence-corrected chi connectivity index (χ0v) is 16.0. The molecule has 0 bridgehead atoms. The number of pyridine rings is 1. The number of carbonyl (C=O) groups is 1. The van der Waals surface area contributed by atoms with Crippen LogP contribution in [0.1, 0.15) is 27.0 Å². The fourth-order valence-electron chi connectivity index (χ4n) is 2.87. The van der Waals surface area contributed by atoms with Crippen LogP contribution in [0.5, 0.6) is 0 Å². The van der Waals surface area contributed by atoms with Crippen molar-refractivity contribution in [2.24, 2.45) is 0 Å². The molecule has 1 aromatic heterocycles. The summed E-state index contributed by atoms with van der Waals surface area (Å²) < 4.78 is 0. The first-order valence-corrected chi connectivity index (χ1v) is 9.00. The molecule has 2 aromatic carbocycles. The Kier molecular flexibility index (Phi) is 6.01. The summed E-state index contributed by atoms with van der Waals surface area (Å²) in [5.74, 6) is -0.313. The maximum Gasteiger partial charge on any atom is 0.288 e. The molecule has 6 nitrogen and oxygen atoms in total. The third-order valence-corrected chi connectivity index (χ3v) is 4.72. The Morgan fingerprint density at radius 1 is 1.14 bits per heavy atom. The molecule has 0 aliphatic rings. The molecule has 28 heavy (non-hydrogen) atoms. The number of amides is 1. The number of hydrogen-bond acceptors (Lipinski definition) is 4. The maximum absolute atomic E-state index is 13.2. The maximum atomic E-state index is 13.2. The van der Waals surface area contributed by atoms with Crippen molar-refractivity contribution in [3.63, 3.8) is 0 Å². The highest BCUT2D eigenvalue weighted by Crippen LogP contribution is 2.26. The zero-order chi connectivity index (χ0) is 20.1. The van der Waals surface area contributed by atoms with E-state index in [0.29, 0.717) is 13.1 Å². The van der Waals surface area contributed by atoms with Crippen molar-refractivity contribution < 1.29 is 9.72 Å². The average molecular weight is 396 g/mol. The summed E-state index contributed by atoms with van der Waals surface area (Å²) in [5, 5.41) is 11.2. The first kappa shape index (κ1) is 19.5. The molecule has 7 heteroatoms. The second-order valence-corrected chi connectivity index (χ2v) is 6.78. The van der Waals surface area contributed by atoms with Gasteiger partial charge in [0.15, 0.2) is 0 Å². The van der Waals surface area contributed by atoms with E-state index >= 15 is 0 Å². The predicted octanol–water partition coefficient (Wildman–Crippen LogP) is 4.79. The first-order valence-electron chi connectivity index (χ1n) is 8.62. The standard InChI is InChI=1S/C21H18ClN3O3/c1-15-5-2-3-7-18(15)14-24(13-16-6-4-10-23-12-16)21(26)17-8-9-19(22)20(11-17)25(27)28/h2-12H,13-14H2,1H3. The molecule has 1 amide bonds. The summed E-state index contributed by atoms with van der Waals surface area (Å²) in [4.78, 5) is 29.5. The first-order chi connectivity index (χ1) is 13.5. The highest BCUT2D eigenvalue weighted by Gasteiger charge is 2.21. The topological polar surface area (TPSA) is 76.3 Å². The fraction of sp³-hybridized carbons (Fsp3) is 0.143. The molecule has 3 rings (SSSR count). The Labute approximate surface area is 167 Å². The van der Waals surface area contributed by atoms with E-state index < -0.39 is 4.92 Å². The van der Waals surface area contributed by atoms with Gasteiger partial charge in [-0.3, -0.25) is 19.9 Å². The largest absolute Gasteiger partial charge is 0.330 e. The number of benzene rings is 2. The molecule has 0 saturated heterocycles. The number of nitro benzene ring substituents is 1. The predicted molar refractivity (Wildman–Crippen MR) is 107 cm³/mol. The van der Waals surface area contributed by atoms with Crippen molar-refractivity contribution in [1.29, 1.82) is 0 Å². The van der Waals surface area contributed by atoms with E-state index in [1.165, 1.54) is 18.2 Å². The second kappa shape index (κ2) is 8.63. The number of nitrogens with zero attached hydrogens (tertiary/aromatic N) is 3. The van der Waals surface area contributed by atoms with Gasteiger partial charge >= 0.3 is 0 Å². The van der Waals surface area contributed by atoms with Crippen molar-refractivity contribution in [1.82, 2.24) is 9.88 Å². The van der Waals surface area contributed by atoms with E-state index in [-0.39, 0.29) is 22.2 Å². The lowest BCUT2D eigenvalue weighted by Gasteiger charge is -2.24. The second-order valence-electron chi connectivity index (χ2n) is 6.37. The molecule has 0 atom stereocenters. The lowest BCUT2D eigenvalue weighted by Crippen LogP contribution is -2.30. The van der Waals surface area contributed by atoms with Crippen molar-refractivity contribution in [2.75, 3.05) is 0 Å². The van der Waals surface area contributed by atoms with Gasteiger partial charge in [-0.05, 0) is 41.8 Å². The normalized spacial score (nSPS) is 10.5. The minimum absolute atomic E-state index is 0.000682. The van der Waals surface area contributed by atoms with Gasteiger partial charge < -0.3 is 4.90 Å². The monoisotopic (exact) mass is 395 g/mol. The Hall–Kier alpha value is -3.25. The van der Waals surface area contributed by atoms with E-state index in [0.717, 1.165) is 16.7 Å². The Bertz CT molecular complexity index is 1010. The van der Waals surface area contributed by atoms with Crippen molar-refractivity contribution in [3.05, 3.63) is 104 Å². The van der Waals surface area contributed by atoms with Crippen LogP contribution in [0.2, 0.25) is 5.02 Å². The fourth-order valence-corrected chi connectivity index (χ4v) is 3.06. The van der Waals surface area contributed by atoms with E-state index in [1.807, 2.05) is 37.3 Å². The highest BCUT2D eigenvalue weighted by atomic mass is 35.5. The molecule has 0 saturated carbocycles. The molecule has 3 aromatic rings. The van der Waals surface area contributed by atoms with E-state index in [2.05, 4.69) is 4.98 Å². The van der Waals surface area contributed by atoms with Gasteiger partial charge in [0.25, 0.3) is 11.6 Å². The minimum Gasteiger partial charge on any atom is -0.330 e. The van der Waals surface area contributed by atoms with E-state index in [4.69, 9.17) is 11.6 Å². The molecule has 0 spiro atoms. The average Bonchev–Trinajstić information content (AvgIpc) is 2.69. The molecule has 1 heterocycles. The van der Waals surface area contributed by atoms with Crippen LogP contribution in [0.15, 0.2) is 67.0 Å². The van der Waals surface area contributed by atoms with E-state index in [9.17, 15) is 14.9 Å². The molecular weight excluding hydrogens is 378 g/mol. The van der Waals surface area contributed by atoms with Crippen LogP contribution in [0, 0.1) is 17.0 Å². The third kappa shape index (κ3) is 4.53.